The van der Waals surface area contributed by atoms with E-state index in [0.717, 1.165) is 12.1 Å². The SMILES string of the molecule is Nc1ccc(COC(=O)/C=C/c2ccc(OC(F)(F)c3ccc(CCCC(F)(F)F)cc3)cc2)c(N)c1. The van der Waals surface area contributed by atoms with Crippen LogP contribution in [-0.4, -0.2) is 12.1 Å². The van der Waals surface area contributed by atoms with Crippen LogP contribution >= 0.6 is 0 Å². The molecule has 0 atom stereocenters. The minimum absolute atomic E-state index is 0.0360. The first-order valence-electron chi connectivity index (χ1n) is 11.2. The molecule has 0 spiro atoms. The number of ether oxygens (including phenoxy) is 2. The third kappa shape index (κ3) is 8.82. The molecule has 0 fully saturated rings. The van der Waals surface area contributed by atoms with Crippen molar-refractivity contribution >= 4 is 23.4 Å². The molecule has 0 aliphatic rings. The van der Waals surface area contributed by atoms with Gasteiger partial charge in [0.25, 0.3) is 0 Å². The van der Waals surface area contributed by atoms with Crippen LogP contribution in [0.25, 0.3) is 6.08 Å². The monoisotopic (exact) mass is 520 g/mol. The fourth-order valence-corrected chi connectivity index (χ4v) is 3.32. The van der Waals surface area contributed by atoms with E-state index in [4.69, 9.17) is 20.9 Å². The molecule has 0 aliphatic heterocycles. The number of aryl methyl sites for hydroxylation is 1. The summed E-state index contributed by atoms with van der Waals surface area (Å²) < 4.78 is 75.8. The maximum Gasteiger partial charge on any atom is 0.426 e. The minimum atomic E-state index is -4.25. The fraction of sp³-hybridized carbons (Fsp3) is 0.222. The molecule has 10 heteroatoms. The van der Waals surface area contributed by atoms with Gasteiger partial charge in [-0.2, -0.15) is 22.0 Å². The molecule has 0 saturated heterocycles. The molecule has 0 bridgehead atoms. The number of alkyl halides is 5. The third-order valence-electron chi connectivity index (χ3n) is 5.29. The number of hydrogen-bond donors (Lipinski definition) is 2. The Hall–Kier alpha value is -4.08. The Kier molecular flexibility index (Phi) is 8.75. The van der Waals surface area contributed by atoms with Gasteiger partial charge in [0.1, 0.15) is 12.4 Å². The first kappa shape index (κ1) is 27.5. The average Bonchev–Trinajstić information content (AvgIpc) is 2.82. The average molecular weight is 520 g/mol. The Morgan fingerprint density at radius 2 is 1.57 bits per heavy atom. The molecular formula is C27H25F5N2O3. The van der Waals surface area contributed by atoms with Gasteiger partial charge < -0.3 is 20.9 Å². The Morgan fingerprint density at radius 1 is 0.892 bits per heavy atom. The summed E-state index contributed by atoms with van der Waals surface area (Å²) >= 11 is 0. The molecule has 37 heavy (non-hydrogen) atoms. The van der Waals surface area contributed by atoms with Crippen LogP contribution in [0, 0.1) is 0 Å². The zero-order valence-corrected chi connectivity index (χ0v) is 19.6. The Morgan fingerprint density at radius 3 is 2.19 bits per heavy atom. The molecule has 0 aromatic heterocycles. The minimum Gasteiger partial charge on any atom is -0.458 e. The molecule has 0 radical (unpaired) electrons. The number of carbonyl (C=O) groups is 1. The van der Waals surface area contributed by atoms with Crippen molar-refractivity contribution in [3.63, 3.8) is 0 Å². The number of nitrogens with two attached hydrogens (primary N) is 2. The van der Waals surface area contributed by atoms with E-state index in [1.165, 1.54) is 48.6 Å². The van der Waals surface area contributed by atoms with E-state index in [1.807, 2.05) is 0 Å². The maximum absolute atomic E-state index is 14.5. The Labute approximate surface area is 210 Å². The molecule has 0 aliphatic carbocycles. The number of halogens is 5. The molecule has 5 nitrogen and oxygen atoms in total. The van der Waals surface area contributed by atoms with Crippen LogP contribution in [-0.2, 0) is 28.7 Å². The lowest BCUT2D eigenvalue weighted by molar-refractivity contribution is -0.185. The van der Waals surface area contributed by atoms with Crippen LogP contribution in [0.15, 0.2) is 72.8 Å². The van der Waals surface area contributed by atoms with Crippen LogP contribution in [0.3, 0.4) is 0 Å². The second-order valence-electron chi connectivity index (χ2n) is 8.25. The molecule has 3 aromatic rings. The molecule has 196 valence electrons. The van der Waals surface area contributed by atoms with Crippen molar-refractivity contribution in [3.8, 4) is 5.75 Å². The third-order valence-corrected chi connectivity index (χ3v) is 5.29. The predicted octanol–water partition coefficient (Wildman–Crippen LogP) is 6.62. The van der Waals surface area contributed by atoms with Crippen LogP contribution in [0.1, 0.15) is 35.1 Å². The number of carbonyl (C=O) groups excluding carboxylic acids is 1. The van der Waals surface area contributed by atoms with Crippen molar-refractivity contribution in [1.29, 1.82) is 0 Å². The van der Waals surface area contributed by atoms with Gasteiger partial charge in [-0.25, -0.2) is 4.79 Å². The summed E-state index contributed by atoms with van der Waals surface area (Å²) in [6.45, 7) is -0.0360. The maximum atomic E-state index is 14.5. The molecule has 4 N–H and O–H groups in total. The zero-order chi connectivity index (χ0) is 27.1. The summed E-state index contributed by atoms with van der Waals surface area (Å²) in [6.07, 6.45) is -6.19. The predicted molar refractivity (Wildman–Crippen MR) is 130 cm³/mol. The van der Waals surface area contributed by atoms with E-state index in [9.17, 15) is 26.7 Å². The molecule has 3 rings (SSSR count). The lowest BCUT2D eigenvalue weighted by Crippen LogP contribution is -2.21. The first-order valence-corrected chi connectivity index (χ1v) is 11.2. The highest BCUT2D eigenvalue weighted by Gasteiger charge is 2.34. The van der Waals surface area contributed by atoms with Gasteiger partial charge >= 0.3 is 18.3 Å². The van der Waals surface area contributed by atoms with E-state index in [2.05, 4.69) is 0 Å². The summed E-state index contributed by atoms with van der Waals surface area (Å²) in [5, 5.41) is 0. The smallest absolute Gasteiger partial charge is 0.426 e. The first-order chi connectivity index (χ1) is 17.4. The Bertz CT molecular complexity index is 1220. The summed E-state index contributed by atoms with van der Waals surface area (Å²) in [5.41, 5.74) is 13.6. The highest BCUT2D eigenvalue weighted by Crippen LogP contribution is 2.32. The van der Waals surface area contributed by atoms with Gasteiger partial charge in [0.15, 0.2) is 0 Å². The molecule has 0 amide bonds. The largest absolute Gasteiger partial charge is 0.458 e. The standard InChI is InChI=1S/C27H25F5N2O3/c28-26(29,30)15-1-2-18-3-9-21(10-4-18)27(31,32)37-23-12-5-19(6-13-23)7-14-25(35)36-17-20-8-11-22(33)16-24(20)34/h3-14,16H,1-2,15,17,33-34H2/b14-7+. The van der Waals surface area contributed by atoms with Gasteiger partial charge in [0, 0.05) is 29.4 Å². The van der Waals surface area contributed by atoms with E-state index in [0.29, 0.717) is 28.1 Å². The highest BCUT2D eigenvalue weighted by atomic mass is 19.4. The van der Waals surface area contributed by atoms with Crippen LogP contribution in [0.5, 0.6) is 5.75 Å². The van der Waals surface area contributed by atoms with Gasteiger partial charge in [-0.15, -0.1) is 0 Å². The number of anilines is 2. The second kappa shape index (κ2) is 11.8. The van der Waals surface area contributed by atoms with Gasteiger partial charge in [-0.1, -0.05) is 30.3 Å². The Balaban J connectivity index is 1.52. The van der Waals surface area contributed by atoms with Crippen LogP contribution < -0.4 is 16.2 Å². The summed E-state index contributed by atoms with van der Waals surface area (Å²) in [4.78, 5) is 12.0. The second-order valence-corrected chi connectivity index (χ2v) is 8.25. The summed E-state index contributed by atoms with van der Waals surface area (Å²) in [7, 11) is 0. The number of esters is 1. The van der Waals surface area contributed by atoms with Crippen molar-refractivity contribution in [1.82, 2.24) is 0 Å². The summed E-state index contributed by atoms with van der Waals surface area (Å²) in [5.74, 6) is -0.734. The fourth-order valence-electron chi connectivity index (χ4n) is 3.32. The lowest BCUT2D eigenvalue weighted by atomic mass is 10.1. The molecular weight excluding hydrogens is 495 g/mol. The molecule has 3 aromatic carbocycles. The lowest BCUT2D eigenvalue weighted by Gasteiger charge is -2.18. The zero-order valence-electron chi connectivity index (χ0n) is 19.6. The van der Waals surface area contributed by atoms with Gasteiger partial charge in [0.2, 0.25) is 0 Å². The number of benzene rings is 3. The van der Waals surface area contributed by atoms with Gasteiger partial charge in [-0.05, 0) is 66.4 Å². The van der Waals surface area contributed by atoms with Crippen molar-refractivity contribution < 1.29 is 36.2 Å². The number of hydrogen-bond acceptors (Lipinski definition) is 5. The van der Waals surface area contributed by atoms with E-state index in [-0.39, 0.29) is 25.2 Å². The van der Waals surface area contributed by atoms with Crippen molar-refractivity contribution in [3.05, 3.63) is 95.1 Å². The van der Waals surface area contributed by atoms with Crippen LogP contribution in [0.4, 0.5) is 33.3 Å². The van der Waals surface area contributed by atoms with Gasteiger partial charge in [-0.3, -0.25) is 0 Å². The van der Waals surface area contributed by atoms with Crippen molar-refractivity contribution in [2.45, 2.75) is 38.2 Å². The van der Waals surface area contributed by atoms with E-state index < -0.39 is 30.2 Å². The highest BCUT2D eigenvalue weighted by molar-refractivity contribution is 5.87. The van der Waals surface area contributed by atoms with Crippen LogP contribution in [0.2, 0.25) is 0 Å². The molecule has 0 unspecified atom stereocenters. The number of nitrogen functional groups attached to an aromatic ring is 2. The quantitative estimate of drug-likeness (QED) is 0.136. The number of rotatable bonds is 10. The van der Waals surface area contributed by atoms with E-state index in [1.54, 1.807) is 18.2 Å². The van der Waals surface area contributed by atoms with E-state index >= 15 is 0 Å². The molecule has 0 saturated carbocycles. The summed E-state index contributed by atoms with van der Waals surface area (Å²) in [6, 6.07) is 15.4. The normalized spacial score (nSPS) is 12.0. The van der Waals surface area contributed by atoms with Crippen molar-refractivity contribution in [2.75, 3.05) is 11.5 Å². The van der Waals surface area contributed by atoms with Gasteiger partial charge in [0.05, 0.1) is 5.56 Å². The topological polar surface area (TPSA) is 87.6 Å². The molecule has 0 heterocycles. The van der Waals surface area contributed by atoms with Crippen molar-refractivity contribution in [2.24, 2.45) is 0 Å².